The number of rotatable bonds is 2. The zero-order chi connectivity index (χ0) is 8.55. The van der Waals surface area contributed by atoms with Crippen molar-refractivity contribution >= 4 is 17.3 Å². The van der Waals surface area contributed by atoms with E-state index in [0.717, 1.165) is 12.8 Å². The van der Waals surface area contributed by atoms with Gasteiger partial charge in [0.2, 0.25) is 0 Å². The summed E-state index contributed by atoms with van der Waals surface area (Å²) < 4.78 is 0. The maximum atomic E-state index is 10.5. The predicted molar refractivity (Wildman–Crippen MR) is 47.6 cm³/mol. The fourth-order valence-corrected chi connectivity index (χ4v) is 2.78. The van der Waals surface area contributed by atoms with E-state index >= 15 is 0 Å². The molecule has 1 unspecified atom stereocenters. The average molecular weight is 182 g/mol. The lowest BCUT2D eigenvalue weighted by Crippen LogP contribution is -2.02. The van der Waals surface area contributed by atoms with Crippen molar-refractivity contribution in [2.45, 2.75) is 25.2 Å². The van der Waals surface area contributed by atoms with Crippen molar-refractivity contribution in [3.63, 3.8) is 0 Å². The van der Waals surface area contributed by atoms with E-state index in [9.17, 15) is 4.79 Å². The number of aryl methyl sites for hydroxylation is 1. The van der Waals surface area contributed by atoms with Crippen LogP contribution in [0.25, 0.3) is 0 Å². The number of hydrogen-bond acceptors (Lipinski definition) is 2. The number of carboxylic acids is 1. The summed E-state index contributed by atoms with van der Waals surface area (Å²) >= 11 is 1.68. The first-order chi connectivity index (χ1) is 5.77. The molecular weight excluding hydrogens is 172 g/mol. The molecule has 0 fully saturated rings. The second-order valence-electron chi connectivity index (χ2n) is 3.19. The summed E-state index contributed by atoms with van der Waals surface area (Å²) in [7, 11) is 0. The van der Waals surface area contributed by atoms with E-state index < -0.39 is 5.97 Å². The van der Waals surface area contributed by atoms with Crippen molar-refractivity contribution in [1.82, 2.24) is 0 Å². The van der Waals surface area contributed by atoms with Gasteiger partial charge in [-0.15, -0.1) is 0 Å². The molecule has 0 bridgehead atoms. The summed E-state index contributed by atoms with van der Waals surface area (Å²) in [5.41, 5.74) is 2.65. The largest absolute Gasteiger partial charge is 0.481 e. The predicted octanol–water partition coefficient (Wildman–Crippen LogP) is 2.25. The third-order valence-corrected chi connectivity index (χ3v) is 3.21. The van der Waals surface area contributed by atoms with Crippen molar-refractivity contribution in [3.8, 4) is 0 Å². The van der Waals surface area contributed by atoms with Crippen LogP contribution in [0.15, 0.2) is 10.8 Å². The zero-order valence-electron chi connectivity index (χ0n) is 6.62. The highest BCUT2D eigenvalue weighted by Crippen LogP contribution is 2.37. The van der Waals surface area contributed by atoms with E-state index in [4.69, 9.17) is 5.11 Å². The molecule has 1 aromatic rings. The molecule has 1 aromatic heterocycles. The lowest BCUT2D eigenvalue weighted by atomic mass is 10.0. The van der Waals surface area contributed by atoms with Crippen LogP contribution >= 0.6 is 11.3 Å². The monoisotopic (exact) mass is 182 g/mol. The highest BCUT2D eigenvalue weighted by Gasteiger charge is 2.24. The summed E-state index contributed by atoms with van der Waals surface area (Å²) in [5.74, 6) is -0.400. The minimum absolute atomic E-state index is 0.281. The number of carboxylic acid groups (broad SMARTS) is 1. The number of thiophene rings is 1. The normalized spacial score (nSPS) is 20.8. The lowest BCUT2D eigenvalue weighted by Gasteiger charge is -2.04. The zero-order valence-corrected chi connectivity index (χ0v) is 7.43. The minimum atomic E-state index is -0.681. The Morgan fingerprint density at radius 2 is 2.50 bits per heavy atom. The minimum Gasteiger partial charge on any atom is -0.481 e. The highest BCUT2D eigenvalue weighted by molar-refractivity contribution is 7.08. The van der Waals surface area contributed by atoms with Crippen LogP contribution in [0.4, 0.5) is 0 Å². The third kappa shape index (κ3) is 1.25. The fraction of sp³-hybridized carbons (Fsp3) is 0.444. The standard InChI is InChI=1S/C9H10O2S/c10-9(11)3-6-1-2-7-4-12-5-8(6)7/h4-6H,1-3H2,(H,10,11). The maximum Gasteiger partial charge on any atom is 0.303 e. The summed E-state index contributed by atoms with van der Waals surface area (Å²) in [5, 5.41) is 12.9. The molecule has 1 heterocycles. The Kier molecular flexibility index (Phi) is 1.89. The second kappa shape index (κ2) is 2.90. The number of hydrogen-bond donors (Lipinski definition) is 1. The number of aliphatic carboxylic acids is 1. The molecule has 1 N–H and O–H groups in total. The molecule has 1 atom stereocenters. The van der Waals surface area contributed by atoms with Crippen LogP contribution in [0.2, 0.25) is 0 Å². The summed E-state index contributed by atoms with van der Waals surface area (Å²) in [6.45, 7) is 0. The van der Waals surface area contributed by atoms with Crippen LogP contribution < -0.4 is 0 Å². The number of carbonyl (C=O) groups is 1. The smallest absolute Gasteiger partial charge is 0.303 e. The van der Waals surface area contributed by atoms with Crippen LogP contribution in [0.5, 0.6) is 0 Å². The summed E-state index contributed by atoms with van der Waals surface area (Å²) in [4.78, 5) is 10.5. The highest BCUT2D eigenvalue weighted by atomic mass is 32.1. The van der Waals surface area contributed by atoms with Gasteiger partial charge < -0.3 is 5.11 Å². The van der Waals surface area contributed by atoms with E-state index in [1.165, 1.54) is 11.1 Å². The molecule has 1 aliphatic carbocycles. The molecule has 0 aliphatic heterocycles. The van der Waals surface area contributed by atoms with Crippen molar-refractivity contribution in [2.24, 2.45) is 0 Å². The van der Waals surface area contributed by atoms with Crippen LogP contribution in [0.1, 0.15) is 29.9 Å². The lowest BCUT2D eigenvalue weighted by molar-refractivity contribution is -0.137. The maximum absolute atomic E-state index is 10.5. The Hall–Kier alpha value is -0.830. The molecule has 1 aliphatic rings. The van der Waals surface area contributed by atoms with E-state index in [1.54, 1.807) is 11.3 Å². The molecular formula is C9H10O2S. The Bertz CT molecular complexity index is 303. The van der Waals surface area contributed by atoms with Gasteiger partial charge in [0.25, 0.3) is 0 Å². The molecule has 0 aromatic carbocycles. The Morgan fingerprint density at radius 3 is 3.25 bits per heavy atom. The van der Waals surface area contributed by atoms with Crippen LogP contribution in [-0.4, -0.2) is 11.1 Å². The van der Waals surface area contributed by atoms with Crippen LogP contribution in [-0.2, 0) is 11.2 Å². The van der Waals surface area contributed by atoms with Crippen molar-refractivity contribution in [3.05, 3.63) is 21.9 Å². The molecule has 0 spiro atoms. The number of fused-ring (bicyclic) bond motifs is 1. The van der Waals surface area contributed by atoms with Crippen LogP contribution in [0, 0.1) is 0 Å². The van der Waals surface area contributed by atoms with Gasteiger partial charge in [0.1, 0.15) is 0 Å². The van der Waals surface area contributed by atoms with E-state index in [1.807, 2.05) is 0 Å². The molecule has 2 nitrogen and oxygen atoms in total. The van der Waals surface area contributed by atoms with Gasteiger partial charge in [-0.1, -0.05) is 0 Å². The van der Waals surface area contributed by atoms with Crippen molar-refractivity contribution in [1.29, 1.82) is 0 Å². The van der Waals surface area contributed by atoms with Crippen LogP contribution in [0.3, 0.4) is 0 Å². The van der Waals surface area contributed by atoms with Gasteiger partial charge in [0.05, 0.1) is 6.42 Å². The van der Waals surface area contributed by atoms with Gasteiger partial charge in [-0.25, -0.2) is 0 Å². The molecule has 12 heavy (non-hydrogen) atoms. The van der Waals surface area contributed by atoms with Crippen molar-refractivity contribution in [2.75, 3.05) is 0 Å². The molecule has 2 rings (SSSR count). The van der Waals surface area contributed by atoms with Gasteiger partial charge in [0.15, 0.2) is 0 Å². The SMILES string of the molecule is O=C(O)CC1CCc2cscc21. The van der Waals surface area contributed by atoms with Gasteiger partial charge in [-0.05, 0) is 40.6 Å². The first-order valence-electron chi connectivity index (χ1n) is 4.04. The van der Waals surface area contributed by atoms with E-state index in [0.29, 0.717) is 6.42 Å². The topological polar surface area (TPSA) is 37.3 Å². The second-order valence-corrected chi connectivity index (χ2v) is 3.93. The summed E-state index contributed by atoms with van der Waals surface area (Å²) in [6, 6.07) is 0. The van der Waals surface area contributed by atoms with E-state index in [-0.39, 0.29) is 5.92 Å². The Labute approximate surface area is 74.8 Å². The quantitative estimate of drug-likeness (QED) is 0.761. The van der Waals surface area contributed by atoms with Crippen molar-refractivity contribution < 1.29 is 9.90 Å². The van der Waals surface area contributed by atoms with Gasteiger partial charge in [0, 0.05) is 0 Å². The fourth-order valence-electron chi connectivity index (χ4n) is 1.80. The van der Waals surface area contributed by atoms with Gasteiger partial charge in [-0.3, -0.25) is 4.79 Å². The molecule has 0 saturated heterocycles. The first-order valence-corrected chi connectivity index (χ1v) is 4.98. The molecule has 0 radical (unpaired) electrons. The molecule has 3 heteroatoms. The summed E-state index contributed by atoms with van der Waals surface area (Å²) in [6.07, 6.45) is 2.38. The average Bonchev–Trinajstić information content (AvgIpc) is 2.52. The third-order valence-electron chi connectivity index (χ3n) is 2.40. The van der Waals surface area contributed by atoms with Gasteiger partial charge in [-0.2, -0.15) is 11.3 Å². The molecule has 64 valence electrons. The molecule has 0 saturated carbocycles. The first kappa shape index (κ1) is 7.80. The Morgan fingerprint density at radius 1 is 1.67 bits per heavy atom. The van der Waals surface area contributed by atoms with Gasteiger partial charge >= 0.3 is 5.97 Å². The molecule has 0 amide bonds. The Balaban J connectivity index is 2.17. The van der Waals surface area contributed by atoms with E-state index in [2.05, 4.69) is 10.8 Å².